The molecule has 0 radical (unpaired) electrons. The molecule has 1 atom stereocenters. The fraction of sp³-hybridized carbons (Fsp3) is 0.364. The summed E-state index contributed by atoms with van der Waals surface area (Å²) in [6, 6.07) is 6.21. The Hall–Kier alpha value is -1.55. The molecule has 0 aliphatic rings. The second kappa shape index (κ2) is 5.36. The van der Waals surface area contributed by atoms with Crippen LogP contribution in [-0.4, -0.2) is 23.6 Å². The van der Waals surface area contributed by atoms with Crippen LogP contribution in [0.4, 0.5) is 0 Å². The van der Waals surface area contributed by atoms with Crippen LogP contribution in [0.5, 0.6) is 5.75 Å². The van der Waals surface area contributed by atoms with Crippen LogP contribution in [0.2, 0.25) is 0 Å². The van der Waals surface area contributed by atoms with Gasteiger partial charge in [-0.3, -0.25) is 4.79 Å². The highest BCUT2D eigenvalue weighted by Gasteiger charge is 2.08. The monoisotopic (exact) mass is 208 g/mol. The van der Waals surface area contributed by atoms with Gasteiger partial charge in [-0.15, -0.1) is 0 Å². The first-order valence-corrected chi connectivity index (χ1v) is 4.93. The minimum atomic E-state index is -0.143. The van der Waals surface area contributed by atoms with E-state index in [1.54, 1.807) is 12.1 Å². The van der Waals surface area contributed by atoms with Crippen LogP contribution in [0, 0.1) is 0 Å². The number of aromatic hydroxyl groups is 1. The lowest BCUT2D eigenvalue weighted by Crippen LogP contribution is -2.33. The molecule has 0 aliphatic carbocycles. The van der Waals surface area contributed by atoms with Gasteiger partial charge in [0.1, 0.15) is 5.75 Å². The summed E-state index contributed by atoms with van der Waals surface area (Å²) in [6.07, 6.45) is 0.754. The Kier molecular flexibility index (Phi) is 4.12. The molecular formula is C11H16N2O2. The van der Waals surface area contributed by atoms with Crippen molar-refractivity contribution in [3.63, 3.8) is 0 Å². The summed E-state index contributed by atoms with van der Waals surface area (Å²) in [7, 11) is 0. The molecule has 0 saturated carbocycles. The molecule has 4 heteroatoms. The van der Waals surface area contributed by atoms with Gasteiger partial charge in [-0.05, 0) is 44.2 Å². The molecule has 1 amide bonds. The molecule has 15 heavy (non-hydrogen) atoms. The van der Waals surface area contributed by atoms with E-state index in [0.717, 1.165) is 6.42 Å². The van der Waals surface area contributed by atoms with Gasteiger partial charge in [0, 0.05) is 11.6 Å². The van der Waals surface area contributed by atoms with Crippen molar-refractivity contribution in [1.82, 2.24) is 5.32 Å². The van der Waals surface area contributed by atoms with Crippen molar-refractivity contribution in [1.29, 1.82) is 0 Å². The summed E-state index contributed by atoms with van der Waals surface area (Å²) >= 11 is 0. The third-order valence-corrected chi connectivity index (χ3v) is 2.11. The molecule has 4 nitrogen and oxygen atoms in total. The van der Waals surface area contributed by atoms with Crippen LogP contribution < -0.4 is 11.1 Å². The van der Waals surface area contributed by atoms with Crippen molar-refractivity contribution in [3.8, 4) is 5.75 Å². The number of rotatable bonds is 4. The molecule has 0 fully saturated rings. The van der Waals surface area contributed by atoms with Crippen LogP contribution in [0.3, 0.4) is 0 Å². The van der Waals surface area contributed by atoms with E-state index >= 15 is 0 Å². The molecule has 0 saturated heterocycles. The minimum Gasteiger partial charge on any atom is -0.508 e. The van der Waals surface area contributed by atoms with E-state index in [2.05, 4.69) is 5.32 Å². The lowest BCUT2D eigenvalue weighted by Gasteiger charge is -2.12. The zero-order valence-electron chi connectivity index (χ0n) is 8.73. The molecule has 1 aromatic rings. The largest absolute Gasteiger partial charge is 0.508 e. The van der Waals surface area contributed by atoms with Crippen LogP contribution >= 0.6 is 0 Å². The van der Waals surface area contributed by atoms with Gasteiger partial charge in [0.15, 0.2) is 0 Å². The zero-order valence-corrected chi connectivity index (χ0v) is 8.73. The molecule has 82 valence electrons. The van der Waals surface area contributed by atoms with Crippen molar-refractivity contribution in [2.75, 3.05) is 6.54 Å². The number of phenolic OH excluding ortho intramolecular Hbond substituents is 1. The van der Waals surface area contributed by atoms with Gasteiger partial charge in [0.25, 0.3) is 5.91 Å². The van der Waals surface area contributed by atoms with Gasteiger partial charge in [-0.2, -0.15) is 0 Å². The van der Waals surface area contributed by atoms with E-state index in [0.29, 0.717) is 12.1 Å². The number of amides is 1. The normalized spacial score (nSPS) is 12.1. The Labute approximate surface area is 89.1 Å². The molecular weight excluding hydrogens is 192 g/mol. The van der Waals surface area contributed by atoms with E-state index in [1.165, 1.54) is 12.1 Å². The Morgan fingerprint density at radius 1 is 1.47 bits per heavy atom. The Morgan fingerprint density at radius 2 is 2.07 bits per heavy atom. The number of nitrogens with one attached hydrogen (secondary N) is 1. The van der Waals surface area contributed by atoms with Gasteiger partial charge in [0.2, 0.25) is 0 Å². The maximum Gasteiger partial charge on any atom is 0.251 e. The molecule has 0 aromatic heterocycles. The highest BCUT2D eigenvalue weighted by atomic mass is 16.3. The van der Waals surface area contributed by atoms with Gasteiger partial charge in [-0.1, -0.05) is 0 Å². The number of nitrogens with two attached hydrogens (primary N) is 1. The highest BCUT2D eigenvalue weighted by molar-refractivity contribution is 5.94. The molecule has 0 bridgehead atoms. The zero-order chi connectivity index (χ0) is 11.3. The number of carbonyl (C=O) groups is 1. The third kappa shape index (κ3) is 3.59. The molecule has 0 heterocycles. The van der Waals surface area contributed by atoms with Crippen LogP contribution in [-0.2, 0) is 0 Å². The van der Waals surface area contributed by atoms with E-state index in [4.69, 9.17) is 10.8 Å². The Morgan fingerprint density at radius 3 is 2.60 bits per heavy atom. The first-order valence-electron chi connectivity index (χ1n) is 4.93. The van der Waals surface area contributed by atoms with Gasteiger partial charge >= 0.3 is 0 Å². The second-order valence-electron chi connectivity index (χ2n) is 3.50. The van der Waals surface area contributed by atoms with E-state index < -0.39 is 0 Å². The maximum atomic E-state index is 11.6. The maximum absolute atomic E-state index is 11.6. The molecule has 1 aromatic carbocycles. The summed E-state index contributed by atoms with van der Waals surface area (Å²) in [5.74, 6) is 0.0116. The predicted octanol–water partition coefficient (Wildman–Crippen LogP) is 0.859. The minimum absolute atomic E-state index is 0.0660. The number of hydrogen-bond donors (Lipinski definition) is 3. The van der Waals surface area contributed by atoms with Gasteiger partial charge in [0.05, 0.1) is 0 Å². The second-order valence-corrected chi connectivity index (χ2v) is 3.50. The smallest absolute Gasteiger partial charge is 0.251 e. The number of phenols is 1. The number of hydrogen-bond acceptors (Lipinski definition) is 3. The van der Waals surface area contributed by atoms with Gasteiger partial charge in [-0.25, -0.2) is 0 Å². The topological polar surface area (TPSA) is 75.3 Å². The van der Waals surface area contributed by atoms with Crippen molar-refractivity contribution in [2.45, 2.75) is 19.4 Å². The highest BCUT2D eigenvalue weighted by Crippen LogP contribution is 2.09. The SMILES string of the molecule is CC(CCN)NC(=O)c1ccc(O)cc1. The summed E-state index contributed by atoms with van der Waals surface area (Å²) in [5.41, 5.74) is 5.92. The standard InChI is InChI=1S/C11H16N2O2/c1-8(6-7-12)13-11(15)9-2-4-10(14)5-3-9/h2-5,8,14H,6-7,12H2,1H3,(H,13,15). The van der Waals surface area contributed by atoms with Gasteiger partial charge < -0.3 is 16.2 Å². The molecule has 1 rings (SSSR count). The van der Waals surface area contributed by atoms with Crippen LogP contribution in [0.15, 0.2) is 24.3 Å². The lowest BCUT2D eigenvalue weighted by molar-refractivity contribution is 0.0939. The van der Waals surface area contributed by atoms with E-state index in [-0.39, 0.29) is 17.7 Å². The quantitative estimate of drug-likeness (QED) is 0.687. The predicted molar refractivity (Wildman–Crippen MR) is 58.7 cm³/mol. The van der Waals surface area contributed by atoms with E-state index in [9.17, 15) is 4.79 Å². The first-order chi connectivity index (χ1) is 7.13. The van der Waals surface area contributed by atoms with Crippen molar-refractivity contribution in [3.05, 3.63) is 29.8 Å². The molecule has 1 unspecified atom stereocenters. The lowest BCUT2D eigenvalue weighted by atomic mass is 10.1. The van der Waals surface area contributed by atoms with Crippen molar-refractivity contribution >= 4 is 5.91 Å². The Bertz CT molecular complexity index is 322. The number of carbonyl (C=O) groups excluding carboxylic acids is 1. The first kappa shape index (κ1) is 11.5. The molecule has 0 aliphatic heterocycles. The average Bonchev–Trinajstić information content (AvgIpc) is 2.18. The third-order valence-electron chi connectivity index (χ3n) is 2.11. The summed E-state index contributed by atoms with van der Waals surface area (Å²) < 4.78 is 0. The molecule has 4 N–H and O–H groups in total. The van der Waals surface area contributed by atoms with Crippen molar-refractivity contribution in [2.24, 2.45) is 5.73 Å². The number of benzene rings is 1. The average molecular weight is 208 g/mol. The fourth-order valence-corrected chi connectivity index (χ4v) is 1.24. The van der Waals surface area contributed by atoms with Crippen LogP contribution in [0.1, 0.15) is 23.7 Å². The molecule has 0 spiro atoms. The van der Waals surface area contributed by atoms with Crippen LogP contribution in [0.25, 0.3) is 0 Å². The Balaban J connectivity index is 2.57. The van der Waals surface area contributed by atoms with E-state index in [1.807, 2.05) is 6.92 Å². The van der Waals surface area contributed by atoms with Crippen molar-refractivity contribution < 1.29 is 9.90 Å². The summed E-state index contributed by atoms with van der Waals surface area (Å²) in [4.78, 5) is 11.6. The summed E-state index contributed by atoms with van der Waals surface area (Å²) in [6.45, 7) is 2.46. The fourth-order valence-electron chi connectivity index (χ4n) is 1.24. The summed E-state index contributed by atoms with van der Waals surface area (Å²) in [5, 5.41) is 11.9.